The number of aryl methyl sites for hydroxylation is 1. The molecule has 0 unspecified atom stereocenters. The smallest absolute Gasteiger partial charge is 0.140 e. The molecule has 1 aliphatic rings. The van der Waals surface area contributed by atoms with Gasteiger partial charge in [0, 0.05) is 43.2 Å². The molecule has 2 aromatic carbocycles. The lowest BCUT2D eigenvalue weighted by atomic mass is 10.1. The number of benzene rings is 2. The van der Waals surface area contributed by atoms with E-state index in [4.69, 9.17) is 9.97 Å². The lowest BCUT2D eigenvalue weighted by Crippen LogP contribution is -2.47. The predicted octanol–water partition coefficient (Wildman–Crippen LogP) is 4.39. The molecule has 0 saturated carbocycles. The average Bonchev–Trinajstić information content (AvgIpc) is 2.67. The molecule has 4 heteroatoms. The van der Waals surface area contributed by atoms with Gasteiger partial charge in [-0.1, -0.05) is 38.1 Å². The SMILES string of the molecule is Cc1cccc(N2CCN(c3nc(C(C)C)nc4ccccc34)CC2)c1. The molecule has 0 N–H and O–H groups in total. The van der Waals surface area contributed by atoms with E-state index in [2.05, 4.69) is 79.1 Å². The van der Waals surface area contributed by atoms with Crippen LogP contribution in [0.3, 0.4) is 0 Å². The molecule has 1 saturated heterocycles. The first-order valence-electron chi connectivity index (χ1n) is 9.45. The van der Waals surface area contributed by atoms with Crippen LogP contribution in [0.15, 0.2) is 48.5 Å². The molecule has 3 aromatic rings. The fourth-order valence-corrected chi connectivity index (χ4v) is 3.58. The molecule has 1 fully saturated rings. The molecule has 2 heterocycles. The quantitative estimate of drug-likeness (QED) is 0.704. The number of anilines is 2. The van der Waals surface area contributed by atoms with Gasteiger partial charge in [0.2, 0.25) is 0 Å². The number of nitrogens with zero attached hydrogens (tertiary/aromatic N) is 4. The van der Waals surface area contributed by atoms with Crippen molar-refractivity contribution in [1.82, 2.24) is 9.97 Å². The van der Waals surface area contributed by atoms with Gasteiger partial charge in [-0.05, 0) is 36.8 Å². The molecule has 1 aromatic heterocycles. The van der Waals surface area contributed by atoms with Gasteiger partial charge in [-0.15, -0.1) is 0 Å². The van der Waals surface area contributed by atoms with E-state index in [9.17, 15) is 0 Å². The zero-order valence-electron chi connectivity index (χ0n) is 15.8. The number of aromatic nitrogens is 2. The molecular formula is C22H26N4. The van der Waals surface area contributed by atoms with Crippen molar-refractivity contribution in [2.24, 2.45) is 0 Å². The molecule has 0 bridgehead atoms. The maximum absolute atomic E-state index is 4.93. The van der Waals surface area contributed by atoms with Crippen molar-refractivity contribution in [1.29, 1.82) is 0 Å². The van der Waals surface area contributed by atoms with Gasteiger partial charge >= 0.3 is 0 Å². The Morgan fingerprint density at radius 3 is 2.31 bits per heavy atom. The summed E-state index contributed by atoms with van der Waals surface area (Å²) in [5.74, 6) is 2.34. The van der Waals surface area contributed by atoms with Crippen LogP contribution in [0, 0.1) is 6.92 Å². The van der Waals surface area contributed by atoms with Crippen molar-refractivity contribution < 1.29 is 0 Å². The summed E-state index contributed by atoms with van der Waals surface area (Å²) < 4.78 is 0. The van der Waals surface area contributed by atoms with E-state index in [1.165, 1.54) is 11.3 Å². The fourth-order valence-electron chi connectivity index (χ4n) is 3.58. The van der Waals surface area contributed by atoms with Gasteiger partial charge in [-0.25, -0.2) is 9.97 Å². The first-order valence-corrected chi connectivity index (χ1v) is 9.45. The highest BCUT2D eigenvalue weighted by Gasteiger charge is 2.21. The largest absolute Gasteiger partial charge is 0.368 e. The van der Waals surface area contributed by atoms with Gasteiger partial charge in [0.1, 0.15) is 11.6 Å². The van der Waals surface area contributed by atoms with E-state index in [0.717, 1.165) is 48.7 Å². The summed E-state index contributed by atoms with van der Waals surface area (Å²) in [5, 5.41) is 1.15. The molecule has 4 nitrogen and oxygen atoms in total. The second kappa shape index (κ2) is 6.94. The predicted molar refractivity (Wildman–Crippen MR) is 109 cm³/mol. The van der Waals surface area contributed by atoms with E-state index in [0.29, 0.717) is 5.92 Å². The number of hydrogen-bond acceptors (Lipinski definition) is 4. The van der Waals surface area contributed by atoms with Crippen LogP contribution < -0.4 is 9.80 Å². The number of hydrogen-bond donors (Lipinski definition) is 0. The standard InChI is InChI=1S/C22H26N4/c1-16(2)21-23-20-10-5-4-9-19(20)22(24-21)26-13-11-25(12-14-26)18-8-6-7-17(3)15-18/h4-10,15-16H,11-14H2,1-3H3. The van der Waals surface area contributed by atoms with Crippen LogP contribution in [-0.2, 0) is 0 Å². The monoisotopic (exact) mass is 346 g/mol. The summed E-state index contributed by atoms with van der Waals surface area (Å²) >= 11 is 0. The molecular weight excluding hydrogens is 320 g/mol. The van der Waals surface area contributed by atoms with Crippen LogP contribution >= 0.6 is 0 Å². The Morgan fingerprint density at radius 2 is 1.58 bits per heavy atom. The summed E-state index contributed by atoms with van der Waals surface area (Å²) in [6.07, 6.45) is 0. The molecule has 0 spiro atoms. The number of fused-ring (bicyclic) bond motifs is 1. The number of piperazine rings is 1. The Hall–Kier alpha value is -2.62. The molecule has 0 atom stereocenters. The summed E-state index contributed by atoms with van der Waals surface area (Å²) in [6.45, 7) is 10.4. The van der Waals surface area contributed by atoms with Crippen LogP contribution in [0.25, 0.3) is 10.9 Å². The van der Waals surface area contributed by atoms with Gasteiger partial charge in [0.05, 0.1) is 5.52 Å². The summed E-state index contributed by atoms with van der Waals surface area (Å²) in [4.78, 5) is 14.6. The molecule has 1 aliphatic heterocycles. The molecule has 0 aliphatic carbocycles. The van der Waals surface area contributed by atoms with Crippen molar-refractivity contribution in [2.75, 3.05) is 36.0 Å². The zero-order chi connectivity index (χ0) is 18.1. The second-order valence-corrected chi connectivity index (χ2v) is 7.39. The fraction of sp³-hybridized carbons (Fsp3) is 0.364. The number of rotatable bonds is 3. The van der Waals surface area contributed by atoms with Crippen molar-refractivity contribution in [3.8, 4) is 0 Å². The maximum atomic E-state index is 4.93. The lowest BCUT2D eigenvalue weighted by molar-refractivity contribution is 0.644. The molecule has 4 rings (SSSR count). The second-order valence-electron chi connectivity index (χ2n) is 7.39. The van der Waals surface area contributed by atoms with Gasteiger partial charge < -0.3 is 9.80 Å². The maximum Gasteiger partial charge on any atom is 0.140 e. The summed E-state index contributed by atoms with van der Waals surface area (Å²) in [5.41, 5.74) is 3.68. The van der Waals surface area contributed by atoms with E-state index in [1.54, 1.807) is 0 Å². The molecule has 134 valence electrons. The highest BCUT2D eigenvalue weighted by Crippen LogP contribution is 2.28. The Balaban J connectivity index is 1.61. The third-order valence-corrected chi connectivity index (χ3v) is 5.06. The van der Waals surface area contributed by atoms with Gasteiger partial charge in [-0.3, -0.25) is 0 Å². The van der Waals surface area contributed by atoms with Crippen molar-refractivity contribution >= 4 is 22.4 Å². The lowest BCUT2D eigenvalue weighted by Gasteiger charge is -2.37. The summed E-state index contributed by atoms with van der Waals surface area (Å²) in [6, 6.07) is 17.1. The third kappa shape index (κ3) is 3.24. The van der Waals surface area contributed by atoms with Crippen LogP contribution in [0.4, 0.5) is 11.5 Å². The first kappa shape index (κ1) is 16.8. The van der Waals surface area contributed by atoms with Crippen molar-refractivity contribution in [3.05, 3.63) is 59.9 Å². The van der Waals surface area contributed by atoms with Gasteiger partial charge in [0.15, 0.2) is 0 Å². The first-order chi connectivity index (χ1) is 12.6. The van der Waals surface area contributed by atoms with Gasteiger partial charge in [0.25, 0.3) is 0 Å². The number of para-hydroxylation sites is 1. The summed E-state index contributed by atoms with van der Waals surface area (Å²) in [7, 11) is 0. The van der Waals surface area contributed by atoms with E-state index < -0.39 is 0 Å². The normalized spacial score (nSPS) is 15.1. The van der Waals surface area contributed by atoms with Crippen LogP contribution in [0.1, 0.15) is 31.2 Å². The average molecular weight is 346 g/mol. The molecule has 0 amide bonds. The minimum absolute atomic E-state index is 0.326. The third-order valence-electron chi connectivity index (χ3n) is 5.06. The Kier molecular flexibility index (Phi) is 4.49. The Labute approximate surface area is 155 Å². The zero-order valence-corrected chi connectivity index (χ0v) is 15.8. The van der Waals surface area contributed by atoms with Crippen LogP contribution in [0.5, 0.6) is 0 Å². The highest BCUT2D eigenvalue weighted by atomic mass is 15.3. The highest BCUT2D eigenvalue weighted by molar-refractivity contribution is 5.89. The van der Waals surface area contributed by atoms with Gasteiger partial charge in [-0.2, -0.15) is 0 Å². The van der Waals surface area contributed by atoms with Crippen LogP contribution in [-0.4, -0.2) is 36.1 Å². The van der Waals surface area contributed by atoms with Crippen molar-refractivity contribution in [2.45, 2.75) is 26.7 Å². The van der Waals surface area contributed by atoms with E-state index in [1.807, 2.05) is 0 Å². The minimum Gasteiger partial charge on any atom is -0.368 e. The van der Waals surface area contributed by atoms with E-state index >= 15 is 0 Å². The van der Waals surface area contributed by atoms with Crippen LogP contribution in [0.2, 0.25) is 0 Å². The molecule has 26 heavy (non-hydrogen) atoms. The topological polar surface area (TPSA) is 32.3 Å². The Morgan fingerprint density at radius 1 is 0.846 bits per heavy atom. The minimum atomic E-state index is 0.326. The molecule has 0 radical (unpaired) electrons. The van der Waals surface area contributed by atoms with E-state index in [-0.39, 0.29) is 0 Å². The van der Waals surface area contributed by atoms with Crippen molar-refractivity contribution in [3.63, 3.8) is 0 Å². The Bertz CT molecular complexity index is 911.